The predicted molar refractivity (Wildman–Crippen MR) is 44.8 cm³/mol. The molecule has 0 fully saturated rings. The van der Waals surface area contributed by atoms with Crippen LogP contribution in [-0.4, -0.2) is 6.29 Å². The molecular formula is C9H11NO. The van der Waals surface area contributed by atoms with Gasteiger partial charge in [0.15, 0.2) is 0 Å². The summed E-state index contributed by atoms with van der Waals surface area (Å²) in [6.45, 7) is 0. The van der Waals surface area contributed by atoms with Gasteiger partial charge >= 0.3 is 0 Å². The Morgan fingerprint density at radius 2 is 2.36 bits per heavy atom. The molecule has 1 rings (SSSR count). The fourth-order valence-corrected chi connectivity index (χ4v) is 1.01. The van der Waals surface area contributed by atoms with Gasteiger partial charge in [-0.15, -0.1) is 0 Å². The minimum atomic E-state index is 0.753. The Bertz CT molecular complexity index is 236. The number of carbonyl (C=O) groups is 1. The molecule has 0 aromatic rings. The van der Waals surface area contributed by atoms with E-state index in [2.05, 4.69) is 6.08 Å². The summed E-state index contributed by atoms with van der Waals surface area (Å²) in [6, 6.07) is 0. The topological polar surface area (TPSA) is 43.1 Å². The molecule has 0 radical (unpaired) electrons. The highest BCUT2D eigenvalue weighted by molar-refractivity contribution is 5.66. The highest BCUT2D eigenvalue weighted by Gasteiger charge is 1.99. The predicted octanol–water partition coefficient (Wildman–Crippen LogP) is 1.30. The molecule has 0 aromatic heterocycles. The zero-order valence-electron chi connectivity index (χ0n) is 6.29. The van der Waals surface area contributed by atoms with Crippen LogP contribution in [0.3, 0.4) is 0 Å². The van der Waals surface area contributed by atoms with Crippen molar-refractivity contribution >= 4 is 6.29 Å². The summed E-state index contributed by atoms with van der Waals surface area (Å²) >= 11 is 0. The molecule has 0 bridgehead atoms. The minimum Gasteiger partial charge on any atom is -0.402 e. The van der Waals surface area contributed by atoms with E-state index < -0.39 is 0 Å². The maximum atomic E-state index is 9.98. The van der Waals surface area contributed by atoms with Gasteiger partial charge in [0.1, 0.15) is 6.29 Å². The Morgan fingerprint density at radius 1 is 1.55 bits per heavy atom. The molecule has 0 aliphatic heterocycles. The van der Waals surface area contributed by atoms with Crippen LogP contribution in [0, 0.1) is 0 Å². The van der Waals surface area contributed by atoms with Gasteiger partial charge in [-0.2, -0.15) is 0 Å². The van der Waals surface area contributed by atoms with E-state index in [-0.39, 0.29) is 0 Å². The lowest BCUT2D eigenvalue weighted by molar-refractivity contribution is -0.104. The van der Waals surface area contributed by atoms with Crippen LogP contribution in [0.4, 0.5) is 0 Å². The van der Waals surface area contributed by atoms with E-state index in [1.165, 1.54) is 6.08 Å². The number of hydrogen-bond donors (Lipinski definition) is 1. The van der Waals surface area contributed by atoms with Crippen molar-refractivity contribution in [3.8, 4) is 0 Å². The van der Waals surface area contributed by atoms with Gasteiger partial charge in [0.25, 0.3) is 0 Å². The van der Waals surface area contributed by atoms with E-state index in [9.17, 15) is 4.79 Å². The van der Waals surface area contributed by atoms with Gasteiger partial charge in [0, 0.05) is 5.70 Å². The van der Waals surface area contributed by atoms with Gasteiger partial charge < -0.3 is 5.73 Å². The van der Waals surface area contributed by atoms with Crippen molar-refractivity contribution in [2.24, 2.45) is 5.73 Å². The first kappa shape index (κ1) is 7.79. The molecular weight excluding hydrogens is 138 g/mol. The molecule has 2 nitrogen and oxygen atoms in total. The van der Waals surface area contributed by atoms with E-state index in [0.717, 1.165) is 30.4 Å². The number of nitrogens with two attached hydrogens (primary N) is 1. The zero-order valence-corrected chi connectivity index (χ0v) is 6.29. The maximum Gasteiger partial charge on any atom is 0.142 e. The van der Waals surface area contributed by atoms with E-state index in [1.54, 1.807) is 6.08 Å². The van der Waals surface area contributed by atoms with E-state index >= 15 is 0 Å². The molecule has 0 saturated carbocycles. The number of allylic oxidation sites excluding steroid dienone is 6. The summed E-state index contributed by atoms with van der Waals surface area (Å²) in [5.74, 6) is 0. The van der Waals surface area contributed by atoms with Crippen molar-refractivity contribution in [2.45, 2.75) is 12.8 Å². The Labute approximate surface area is 66.1 Å². The summed E-state index contributed by atoms with van der Waals surface area (Å²) < 4.78 is 0. The lowest BCUT2D eigenvalue weighted by Gasteiger charge is -2.07. The first-order valence-corrected chi connectivity index (χ1v) is 3.61. The summed E-state index contributed by atoms with van der Waals surface area (Å²) in [5.41, 5.74) is 7.51. The van der Waals surface area contributed by atoms with E-state index in [4.69, 9.17) is 5.73 Å². The third-order valence-corrected chi connectivity index (χ3v) is 1.60. The Kier molecular flexibility index (Phi) is 2.66. The molecule has 0 heterocycles. The van der Waals surface area contributed by atoms with Gasteiger partial charge in [-0.1, -0.05) is 18.2 Å². The molecule has 0 amide bonds. The molecule has 11 heavy (non-hydrogen) atoms. The number of carbonyl (C=O) groups excluding carboxylic acids is 1. The second-order valence-electron chi connectivity index (χ2n) is 2.42. The van der Waals surface area contributed by atoms with Crippen LogP contribution >= 0.6 is 0 Å². The molecule has 1 aliphatic carbocycles. The van der Waals surface area contributed by atoms with Crippen LogP contribution in [0.1, 0.15) is 12.8 Å². The molecule has 0 unspecified atom stereocenters. The normalized spacial score (nSPS) is 17.8. The van der Waals surface area contributed by atoms with Gasteiger partial charge in [-0.25, -0.2) is 0 Å². The zero-order chi connectivity index (χ0) is 8.10. The fourth-order valence-electron chi connectivity index (χ4n) is 1.01. The summed E-state index contributed by atoms with van der Waals surface area (Å²) in [5, 5.41) is 0. The lowest BCUT2D eigenvalue weighted by Crippen LogP contribution is -2.02. The standard InChI is InChI=1S/C9H11NO/c10-9-6-2-1-4-8(9)5-3-7-11/h1,3-5,7H,2,6,10H2/b5-3+. The van der Waals surface area contributed by atoms with Gasteiger partial charge in [0.2, 0.25) is 0 Å². The quantitative estimate of drug-likeness (QED) is 0.475. The first-order valence-electron chi connectivity index (χ1n) is 3.61. The SMILES string of the molecule is NC1=C(/C=C/C=O)C=CCC1. The van der Waals surface area contributed by atoms with E-state index in [1.807, 2.05) is 6.08 Å². The molecule has 0 atom stereocenters. The van der Waals surface area contributed by atoms with Gasteiger partial charge in [-0.05, 0) is 24.5 Å². The van der Waals surface area contributed by atoms with Crippen LogP contribution in [0.15, 0.2) is 35.6 Å². The molecule has 2 heteroatoms. The van der Waals surface area contributed by atoms with Crippen LogP contribution in [0.25, 0.3) is 0 Å². The average Bonchev–Trinajstić information content (AvgIpc) is 2.03. The van der Waals surface area contributed by atoms with Crippen molar-refractivity contribution < 1.29 is 4.79 Å². The third-order valence-electron chi connectivity index (χ3n) is 1.60. The van der Waals surface area contributed by atoms with Crippen molar-refractivity contribution in [3.05, 3.63) is 35.6 Å². The number of hydrogen-bond acceptors (Lipinski definition) is 2. The Balaban J connectivity index is 2.75. The van der Waals surface area contributed by atoms with Crippen LogP contribution < -0.4 is 5.73 Å². The number of aldehydes is 1. The van der Waals surface area contributed by atoms with Gasteiger partial charge in [-0.3, -0.25) is 4.79 Å². The molecule has 1 aliphatic rings. The Morgan fingerprint density at radius 3 is 3.00 bits per heavy atom. The molecule has 58 valence electrons. The second-order valence-corrected chi connectivity index (χ2v) is 2.42. The highest BCUT2D eigenvalue weighted by Crippen LogP contribution is 2.14. The molecule has 0 aromatic carbocycles. The van der Waals surface area contributed by atoms with Crippen LogP contribution in [0.5, 0.6) is 0 Å². The first-order chi connectivity index (χ1) is 5.34. The van der Waals surface area contributed by atoms with Crippen LogP contribution in [0.2, 0.25) is 0 Å². The summed E-state index contributed by atoms with van der Waals surface area (Å²) in [6.07, 6.45) is 9.84. The summed E-state index contributed by atoms with van der Waals surface area (Å²) in [4.78, 5) is 9.98. The van der Waals surface area contributed by atoms with Gasteiger partial charge in [0.05, 0.1) is 0 Å². The van der Waals surface area contributed by atoms with E-state index in [0.29, 0.717) is 0 Å². The average molecular weight is 149 g/mol. The highest BCUT2D eigenvalue weighted by atomic mass is 16.1. The fraction of sp³-hybridized carbons (Fsp3) is 0.222. The van der Waals surface area contributed by atoms with Crippen LogP contribution in [-0.2, 0) is 4.79 Å². The van der Waals surface area contributed by atoms with Crippen molar-refractivity contribution in [1.29, 1.82) is 0 Å². The smallest absolute Gasteiger partial charge is 0.142 e. The maximum absolute atomic E-state index is 9.98. The van der Waals surface area contributed by atoms with Crippen molar-refractivity contribution in [2.75, 3.05) is 0 Å². The molecule has 0 saturated heterocycles. The number of rotatable bonds is 2. The lowest BCUT2D eigenvalue weighted by atomic mass is 10.0. The molecule has 2 N–H and O–H groups in total. The largest absolute Gasteiger partial charge is 0.402 e. The summed E-state index contributed by atoms with van der Waals surface area (Å²) in [7, 11) is 0. The van der Waals surface area contributed by atoms with Crippen molar-refractivity contribution in [1.82, 2.24) is 0 Å². The minimum absolute atomic E-state index is 0.753. The third kappa shape index (κ3) is 2.08. The second kappa shape index (κ2) is 3.76. The monoisotopic (exact) mass is 149 g/mol. The van der Waals surface area contributed by atoms with Crippen molar-refractivity contribution in [3.63, 3.8) is 0 Å². The Hall–Kier alpha value is -1.31. The molecule has 0 spiro atoms.